The van der Waals surface area contributed by atoms with E-state index < -0.39 is 17.8 Å². The van der Waals surface area contributed by atoms with Gasteiger partial charge in [-0.05, 0) is 63.2 Å². The Kier molecular flexibility index (Phi) is 7.14. The topological polar surface area (TPSA) is 88.2 Å². The van der Waals surface area contributed by atoms with Crippen LogP contribution in [0.4, 0.5) is 16.2 Å². The number of hydrogen-bond acceptors (Lipinski definition) is 6. The Morgan fingerprint density at radius 2 is 1.69 bits per heavy atom. The fourth-order valence-corrected chi connectivity index (χ4v) is 3.51. The number of amides is 4. The van der Waals surface area contributed by atoms with E-state index in [1.54, 1.807) is 30.3 Å². The summed E-state index contributed by atoms with van der Waals surface area (Å²) in [6.45, 7) is 8.15. The van der Waals surface area contributed by atoms with Gasteiger partial charge in [-0.15, -0.1) is 0 Å². The molecule has 0 radical (unpaired) electrons. The van der Waals surface area contributed by atoms with Crippen molar-refractivity contribution in [2.24, 2.45) is 0 Å². The van der Waals surface area contributed by atoms with E-state index in [1.807, 2.05) is 19.1 Å². The SMILES string of the molecule is CCOc1ccc(N2C(=O)NC(=O)C(=Cc3ccc(N(CC)CC)cc3OC)C2=O)cc1. The lowest BCUT2D eigenvalue weighted by Gasteiger charge is -2.26. The maximum Gasteiger partial charge on any atom is 0.335 e. The Balaban J connectivity index is 1.97. The van der Waals surface area contributed by atoms with Gasteiger partial charge in [0.05, 0.1) is 19.4 Å². The number of imide groups is 2. The molecule has 8 nitrogen and oxygen atoms in total. The zero-order chi connectivity index (χ0) is 23.3. The maximum absolute atomic E-state index is 13.1. The van der Waals surface area contributed by atoms with Gasteiger partial charge in [-0.3, -0.25) is 14.9 Å². The van der Waals surface area contributed by atoms with Gasteiger partial charge in [0.2, 0.25) is 0 Å². The number of carbonyl (C=O) groups excluding carboxylic acids is 3. The lowest BCUT2D eigenvalue weighted by Crippen LogP contribution is -2.54. The van der Waals surface area contributed by atoms with E-state index in [-0.39, 0.29) is 5.57 Å². The molecule has 0 saturated carbocycles. The number of barbiturate groups is 1. The molecule has 1 saturated heterocycles. The molecule has 1 heterocycles. The van der Waals surface area contributed by atoms with E-state index >= 15 is 0 Å². The van der Waals surface area contributed by atoms with E-state index in [2.05, 4.69) is 24.1 Å². The molecular formula is C24H27N3O5. The first-order valence-electron chi connectivity index (χ1n) is 10.5. The summed E-state index contributed by atoms with van der Waals surface area (Å²) in [6.07, 6.45) is 1.44. The summed E-state index contributed by atoms with van der Waals surface area (Å²) in [5, 5.41) is 2.23. The molecule has 32 heavy (non-hydrogen) atoms. The smallest absolute Gasteiger partial charge is 0.335 e. The number of rotatable bonds is 8. The minimum atomic E-state index is -0.801. The van der Waals surface area contributed by atoms with Crippen molar-refractivity contribution in [2.45, 2.75) is 20.8 Å². The van der Waals surface area contributed by atoms with Crippen LogP contribution in [-0.4, -0.2) is 44.7 Å². The number of methoxy groups -OCH3 is 1. The molecule has 1 aliphatic heterocycles. The summed E-state index contributed by atoms with van der Waals surface area (Å²) in [7, 11) is 1.53. The van der Waals surface area contributed by atoms with Crippen LogP contribution in [0.2, 0.25) is 0 Å². The van der Waals surface area contributed by atoms with Crippen molar-refractivity contribution in [3.8, 4) is 11.5 Å². The Morgan fingerprint density at radius 1 is 1.00 bits per heavy atom. The van der Waals surface area contributed by atoms with Crippen molar-refractivity contribution in [1.29, 1.82) is 0 Å². The Morgan fingerprint density at radius 3 is 2.28 bits per heavy atom. The van der Waals surface area contributed by atoms with Crippen LogP contribution in [0.1, 0.15) is 26.3 Å². The molecule has 8 heteroatoms. The van der Waals surface area contributed by atoms with Gasteiger partial charge in [0, 0.05) is 30.4 Å². The molecular weight excluding hydrogens is 410 g/mol. The average molecular weight is 437 g/mol. The molecule has 2 aromatic rings. The van der Waals surface area contributed by atoms with Crippen molar-refractivity contribution in [3.05, 3.63) is 53.6 Å². The van der Waals surface area contributed by atoms with Gasteiger partial charge in [-0.25, -0.2) is 9.69 Å². The zero-order valence-corrected chi connectivity index (χ0v) is 18.7. The Hall–Kier alpha value is -3.81. The highest BCUT2D eigenvalue weighted by atomic mass is 16.5. The van der Waals surface area contributed by atoms with Gasteiger partial charge in [0.15, 0.2) is 0 Å². The molecule has 1 aliphatic rings. The van der Waals surface area contributed by atoms with Gasteiger partial charge in [-0.1, -0.05) is 0 Å². The van der Waals surface area contributed by atoms with E-state index in [0.29, 0.717) is 29.4 Å². The highest BCUT2D eigenvalue weighted by Crippen LogP contribution is 2.29. The Labute approximate surface area is 187 Å². The van der Waals surface area contributed by atoms with E-state index in [0.717, 1.165) is 23.7 Å². The van der Waals surface area contributed by atoms with Crippen molar-refractivity contribution in [3.63, 3.8) is 0 Å². The average Bonchev–Trinajstić information content (AvgIpc) is 2.79. The molecule has 1 fully saturated rings. The van der Waals surface area contributed by atoms with E-state index in [1.165, 1.54) is 13.2 Å². The standard InChI is InChI=1S/C24H27N3O5/c1-5-26(6-2)18-9-8-16(21(15-18)31-4)14-20-22(28)25-24(30)27(23(20)29)17-10-12-19(13-11-17)32-7-3/h8-15H,5-7H2,1-4H3,(H,25,28,30). The monoisotopic (exact) mass is 437 g/mol. The number of urea groups is 1. The first-order valence-corrected chi connectivity index (χ1v) is 10.5. The molecule has 1 N–H and O–H groups in total. The number of hydrogen-bond donors (Lipinski definition) is 1. The number of nitrogens with zero attached hydrogens (tertiary/aromatic N) is 2. The van der Waals surface area contributed by atoms with Gasteiger partial charge >= 0.3 is 6.03 Å². The molecule has 0 spiro atoms. The highest BCUT2D eigenvalue weighted by Gasteiger charge is 2.37. The van der Waals surface area contributed by atoms with Gasteiger partial charge in [0.25, 0.3) is 11.8 Å². The maximum atomic E-state index is 13.1. The zero-order valence-electron chi connectivity index (χ0n) is 18.7. The lowest BCUT2D eigenvalue weighted by molar-refractivity contribution is -0.122. The quantitative estimate of drug-likeness (QED) is 0.501. The molecule has 0 aromatic heterocycles. The van der Waals surface area contributed by atoms with Crippen LogP contribution < -0.4 is 24.6 Å². The molecule has 0 aliphatic carbocycles. The fourth-order valence-electron chi connectivity index (χ4n) is 3.51. The van der Waals surface area contributed by atoms with Crippen LogP contribution in [0.3, 0.4) is 0 Å². The van der Waals surface area contributed by atoms with Gasteiger partial charge < -0.3 is 14.4 Å². The largest absolute Gasteiger partial charge is 0.496 e. The molecule has 2 aromatic carbocycles. The second-order valence-corrected chi connectivity index (χ2v) is 6.98. The third-order valence-corrected chi connectivity index (χ3v) is 5.15. The summed E-state index contributed by atoms with van der Waals surface area (Å²) in [5.74, 6) is -0.326. The normalized spacial score (nSPS) is 15.1. The number of carbonyl (C=O) groups is 3. The van der Waals surface area contributed by atoms with E-state index in [4.69, 9.17) is 9.47 Å². The Bertz CT molecular complexity index is 1040. The third kappa shape index (κ3) is 4.59. The lowest BCUT2D eigenvalue weighted by atomic mass is 10.1. The summed E-state index contributed by atoms with van der Waals surface area (Å²) in [6, 6.07) is 11.3. The predicted molar refractivity (Wildman–Crippen MR) is 123 cm³/mol. The van der Waals surface area contributed by atoms with Crippen LogP contribution in [0, 0.1) is 0 Å². The fraction of sp³-hybridized carbons (Fsp3) is 0.292. The molecule has 168 valence electrons. The van der Waals surface area contributed by atoms with Crippen molar-refractivity contribution < 1.29 is 23.9 Å². The second-order valence-electron chi connectivity index (χ2n) is 6.98. The summed E-state index contributed by atoms with van der Waals surface area (Å²) >= 11 is 0. The van der Waals surface area contributed by atoms with Gasteiger partial charge in [-0.2, -0.15) is 0 Å². The van der Waals surface area contributed by atoms with Crippen LogP contribution >= 0.6 is 0 Å². The number of nitrogens with one attached hydrogen (secondary N) is 1. The van der Waals surface area contributed by atoms with Gasteiger partial charge in [0.1, 0.15) is 17.1 Å². The molecule has 4 amide bonds. The number of benzene rings is 2. The van der Waals surface area contributed by atoms with Crippen LogP contribution in [-0.2, 0) is 9.59 Å². The number of ether oxygens (including phenoxy) is 2. The van der Waals surface area contributed by atoms with Crippen LogP contribution in [0.25, 0.3) is 6.08 Å². The minimum absolute atomic E-state index is 0.160. The molecule has 0 bridgehead atoms. The van der Waals surface area contributed by atoms with Crippen molar-refractivity contribution in [2.75, 3.05) is 36.6 Å². The first-order chi connectivity index (χ1) is 15.4. The summed E-state index contributed by atoms with van der Waals surface area (Å²) in [5.41, 5.74) is 1.70. The van der Waals surface area contributed by atoms with Crippen LogP contribution in [0.5, 0.6) is 11.5 Å². The highest BCUT2D eigenvalue weighted by molar-refractivity contribution is 6.39. The molecule has 3 rings (SSSR count). The molecule has 0 unspecified atom stereocenters. The van der Waals surface area contributed by atoms with Crippen LogP contribution in [0.15, 0.2) is 48.0 Å². The number of anilines is 2. The van der Waals surface area contributed by atoms with Crippen molar-refractivity contribution >= 4 is 35.3 Å². The molecule has 0 atom stereocenters. The first kappa shape index (κ1) is 22.9. The van der Waals surface area contributed by atoms with Crippen molar-refractivity contribution in [1.82, 2.24) is 5.32 Å². The summed E-state index contributed by atoms with van der Waals surface area (Å²) < 4.78 is 10.9. The summed E-state index contributed by atoms with van der Waals surface area (Å²) in [4.78, 5) is 41.1. The third-order valence-electron chi connectivity index (χ3n) is 5.15. The van der Waals surface area contributed by atoms with E-state index in [9.17, 15) is 14.4 Å². The minimum Gasteiger partial charge on any atom is -0.496 e. The predicted octanol–water partition coefficient (Wildman–Crippen LogP) is 3.61. The second kappa shape index (κ2) is 10.00.